The third-order valence-electron chi connectivity index (χ3n) is 2.44. The van der Waals surface area contributed by atoms with E-state index in [1.54, 1.807) is 0 Å². The first-order valence-corrected chi connectivity index (χ1v) is 6.92. The van der Waals surface area contributed by atoms with Gasteiger partial charge in [0.1, 0.15) is 0 Å². The molecular formula is C14H24N4O2. The molecule has 0 spiro atoms. The number of ether oxygens (including phenoxy) is 2. The lowest BCUT2D eigenvalue weighted by atomic mass is 10.2. The average Bonchev–Trinajstić information content (AvgIpc) is 2.46. The van der Waals surface area contributed by atoms with Crippen molar-refractivity contribution >= 4 is 11.6 Å². The van der Waals surface area contributed by atoms with Crippen LogP contribution in [0.15, 0.2) is 23.2 Å². The van der Waals surface area contributed by atoms with E-state index >= 15 is 0 Å². The maximum Gasteiger partial charge on any atom is 0.210 e. The summed E-state index contributed by atoms with van der Waals surface area (Å²) >= 11 is 0. The van der Waals surface area contributed by atoms with Gasteiger partial charge in [0.2, 0.25) is 5.96 Å². The molecular weight excluding hydrogens is 256 g/mol. The Kier molecular flexibility index (Phi) is 7.27. The van der Waals surface area contributed by atoms with Gasteiger partial charge in [-0.15, -0.1) is 0 Å². The molecule has 6 heteroatoms. The second kappa shape index (κ2) is 9.03. The van der Waals surface area contributed by atoms with Crippen LogP contribution in [0.3, 0.4) is 0 Å². The Balaban J connectivity index is 2.87. The topological polar surface area (TPSA) is 80.9 Å². The van der Waals surface area contributed by atoms with Gasteiger partial charge in [0.05, 0.1) is 13.2 Å². The molecule has 1 aromatic rings. The van der Waals surface area contributed by atoms with Crippen molar-refractivity contribution in [1.82, 2.24) is 5.43 Å². The van der Waals surface area contributed by atoms with Crippen molar-refractivity contribution in [3.8, 4) is 11.5 Å². The lowest BCUT2D eigenvalue weighted by molar-refractivity contribution is 0.288. The summed E-state index contributed by atoms with van der Waals surface area (Å²) in [5.74, 6) is 7.39. The lowest BCUT2D eigenvalue weighted by Gasteiger charge is -2.14. The zero-order valence-corrected chi connectivity index (χ0v) is 12.4. The van der Waals surface area contributed by atoms with E-state index in [2.05, 4.69) is 22.7 Å². The van der Waals surface area contributed by atoms with Gasteiger partial charge in [-0.3, -0.25) is 10.4 Å². The van der Waals surface area contributed by atoms with Crippen molar-refractivity contribution < 1.29 is 9.47 Å². The number of nitrogens with one attached hydrogen (secondary N) is 2. The summed E-state index contributed by atoms with van der Waals surface area (Å²) in [5, 5.41) is 3.11. The number of rotatable bonds is 7. The van der Waals surface area contributed by atoms with Gasteiger partial charge in [-0.1, -0.05) is 6.92 Å². The van der Waals surface area contributed by atoms with Crippen molar-refractivity contribution in [3.05, 3.63) is 18.2 Å². The fraction of sp³-hybridized carbons (Fsp3) is 0.500. The van der Waals surface area contributed by atoms with E-state index in [9.17, 15) is 0 Å². The second-order valence-corrected chi connectivity index (χ2v) is 4.03. The minimum Gasteiger partial charge on any atom is -0.490 e. The molecule has 6 nitrogen and oxygen atoms in total. The van der Waals surface area contributed by atoms with Crippen LogP contribution in [0.4, 0.5) is 5.69 Å². The number of nitrogens with zero attached hydrogens (tertiary/aromatic N) is 1. The first kappa shape index (κ1) is 16.1. The van der Waals surface area contributed by atoms with Crippen molar-refractivity contribution in [2.45, 2.75) is 27.2 Å². The maximum absolute atomic E-state index is 5.57. The van der Waals surface area contributed by atoms with Gasteiger partial charge in [-0.2, -0.15) is 0 Å². The normalized spacial score (nSPS) is 11.1. The molecule has 0 fully saturated rings. The predicted molar refractivity (Wildman–Crippen MR) is 82.3 cm³/mol. The monoisotopic (exact) mass is 280 g/mol. The fourth-order valence-electron chi connectivity index (χ4n) is 1.61. The summed E-state index contributed by atoms with van der Waals surface area (Å²) in [6.45, 7) is 7.82. The predicted octanol–water partition coefficient (Wildman–Crippen LogP) is 2.13. The third kappa shape index (κ3) is 4.97. The molecule has 20 heavy (non-hydrogen) atoms. The van der Waals surface area contributed by atoms with Gasteiger partial charge in [0.15, 0.2) is 11.5 Å². The van der Waals surface area contributed by atoms with Crippen LogP contribution in [0.5, 0.6) is 11.5 Å². The van der Waals surface area contributed by atoms with E-state index in [1.165, 1.54) is 0 Å². The van der Waals surface area contributed by atoms with Crippen LogP contribution in [0.25, 0.3) is 0 Å². The molecule has 4 N–H and O–H groups in total. The highest BCUT2D eigenvalue weighted by Gasteiger charge is 2.07. The molecule has 1 aromatic carbocycles. The Hall–Kier alpha value is -1.95. The van der Waals surface area contributed by atoms with E-state index in [0.29, 0.717) is 31.5 Å². The van der Waals surface area contributed by atoms with Gasteiger partial charge < -0.3 is 14.8 Å². The van der Waals surface area contributed by atoms with E-state index in [-0.39, 0.29) is 0 Å². The number of guanidine groups is 1. The van der Waals surface area contributed by atoms with Crippen LogP contribution >= 0.6 is 0 Å². The van der Waals surface area contributed by atoms with Gasteiger partial charge in [-0.25, -0.2) is 5.84 Å². The minimum atomic E-state index is 0.526. The molecule has 0 radical (unpaired) electrons. The highest BCUT2D eigenvalue weighted by atomic mass is 16.5. The first-order chi connectivity index (χ1) is 9.74. The van der Waals surface area contributed by atoms with Gasteiger partial charge in [0.25, 0.3) is 0 Å². The number of hydrogen-bond acceptors (Lipinski definition) is 4. The van der Waals surface area contributed by atoms with E-state index in [4.69, 9.17) is 15.3 Å². The van der Waals surface area contributed by atoms with Crippen LogP contribution in [-0.4, -0.2) is 25.7 Å². The van der Waals surface area contributed by atoms with Gasteiger partial charge >= 0.3 is 0 Å². The molecule has 0 aliphatic rings. The van der Waals surface area contributed by atoms with Crippen LogP contribution in [0.2, 0.25) is 0 Å². The molecule has 0 saturated carbocycles. The van der Waals surface area contributed by atoms with Crippen LogP contribution in [0.1, 0.15) is 27.2 Å². The molecule has 0 unspecified atom stereocenters. The molecule has 1 rings (SSSR count). The van der Waals surface area contributed by atoms with Crippen molar-refractivity contribution in [2.75, 3.05) is 25.1 Å². The molecule has 0 heterocycles. The van der Waals surface area contributed by atoms with Crippen LogP contribution in [0, 0.1) is 0 Å². The van der Waals surface area contributed by atoms with Crippen molar-refractivity contribution in [1.29, 1.82) is 0 Å². The highest BCUT2D eigenvalue weighted by Crippen LogP contribution is 2.30. The molecule has 0 bridgehead atoms. The summed E-state index contributed by atoms with van der Waals surface area (Å²) in [7, 11) is 0. The smallest absolute Gasteiger partial charge is 0.210 e. The Morgan fingerprint density at radius 3 is 2.45 bits per heavy atom. The quantitative estimate of drug-likeness (QED) is 0.308. The Bertz CT molecular complexity index is 435. The lowest BCUT2D eigenvalue weighted by Crippen LogP contribution is -2.36. The number of hydrogen-bond donors (Lipinski definition) is 3. The van der Waals surface area contributed by atoms with Crippen LogP contribution < -0.4 is 26.1 Å². The summed E-state index contributed by atoms with van der Waals surface area (Å²) < 4.78 is 11.1. The van der Waals surface area contributed by atoms with E-state index in [1.807, 2.05) is 32.0 Å². The number of aliphatic imine (C=N–C) groups is 1. The molecule has 0 atom stereocenters. The van der Waals surface area contributed by atoms with Gasteiger partial charge in [-0.05, 0) is 32.4 Å². The summed E-state index contributed by atoms with van der Waals surface area (Å²) in [5.41, 5.74) is 3.38. The zero-order valence-electron chi connectivity index (χ0n) is 12.4. The van der Waals surface area contributed by atoms with Crippen LogP contribution in [-0.2, 0) is 0 Å². The zero-order chi connectivity index (χ0) is 14.8. The first-order valence-electron chi connectivity index (χ1n) is 6.92. The fourth-order valence-corrected chi connectivity index (χ4v) is 1.61. The SMILES string of the molecule is CCCN=C(NN)Nc1ccc(OCC)c(OCC)c1. The number of anilines is 1. The van der Waals surface area contributed by atoms with E-state index in [0.717, 1.165) is 17.9 Å². The molecule has 0 saturated heterocycles. The summed E-state index contributed by atoms with van der Waals surface area (Å²) in [4.78, 5) is 4.29. The minimum absolute atomic E-state index is 0.526. The molecule has 0 aliphatic carbocycles. The molecule has 0 aromatic heterocycles. The maximum atomic E-state index is 5.57. The Morgan fingerprint density at radius 1 is 1.15 bits per heavy atom. The van der Waals surface area contributed by atoms with Crippen molar-refractivity contribution in [3.63, 3.8) is 0 Å². The third-order valence-corrected chi connectivity index (χ3v) is 2.44. The van der Waals surface area contributed by atoms with Crippen molar-refractivity contribution in [2.24, 2.45) is 10.8 Å². The Morgan fingerprint density at radius 2 is 1.85 bits per heavy atom. The molecule has 0 aliphatic heterocycles. The largest absolute Gasteiger partial charge is 0.490 e. The van der Waals surface area contributed by atoms with E-state index < -0.39 is 0 Å². The molecule has 0 amide bonds. The summed E-state index contributed by atoms with van der Waals surface area (Å²) in [6, 6.07) is 5.63. The Labute approximate surface area is 120 Å². The second-order valence-electron chi connectivity index (χ2n) is 4.03. The standard InChI is InChI=1S/C14H24N4O2/c1-4-9-16-14(18-15)17-11-7-8-12(19-5-2)13(10-11)20-6-3/h7-8,10H,4-6,9,15H2,1-3H3,(H2,16,17,18). The number of nitrogens with two attached hydrogens (primary N) is 1. The number of benzene rings is 1. The summed E-state index contributed by atoms with van der Waals surface area (Å²) in [6.07, 6.45) is 0.959. The molecule has 112 valence electrons. The number of hydrazine groups is 1. The van der Waals surface area contributed by atoms with Gasteiger partial charge in [0, 0.05) is 18.3 Å². The average molecular weight is 280 g/mol. The highest BCUT2D eigenvalue weighted by molar-refractivity contribution is 5.93.